The van der Waals surface area contributed by atoms with E-state index in [1.807, 2.05) is 42.5 Å². The average Bonchev–Trinajstić information content (AvgIpc) is 3.37. The molecule has 146 valence electrons. The molecule has 0 aliphatic carbocycles. The van der Waals surface area contributed by atoms with Crippen LogP contribution in [0, 0.1) is 0 Å². The summed E-state index contributed by atoms with van der Waals surface area (Å²) in [7, 11) is 0. The second kappa shape index (κ2) is 10.0. The number of hydrogen-bond donors (Lipinski definition) is 2. The molecule has 2 aromatic heterocycles. The van der Waals surface area contributed by atoms with E-state index in [-0.39, 0.29) is 17.4 Å². The Balaban J connectivity index is 1.45. The van der Waals surface area contributed by atoms with Crippen LogP contribution in [0.3, 0.4) is 0 Å². The Bertz CT molecular complexity index is 897. The van der Waals surface area contributed by atoms with Gasteiger partial charge in [-0.25, -0.2) is 0 Å². The van der Waals surface area contributed by atoms with E-state index in [2.05, 4.69) is 20.8 Å². The predicted octanol–water partition coefficient (Wildman–Crippen LogP) is 3.15. The minimum Gasteiger partial charge on any atom is -0.467 e. The van der Waals surface area contributed by atoms with E-state index < -0.39 is 6.04 Å². The molecule has 0 bridgehead atoms. The van der Waals surface area contributed by atoms with Gasteiger partial charge in [0.1, 0.15) is 5.76 Å². The highest BCUT2D eigenvalue weighted by Crippen LogP contribution is 2.25. The van der Waals surface area contributed by atoms with Gasteiger partial charge in [-0.1, -0.05) is 53.4 Å². The third-order valence-corrected chi connectivity index (χ3v) is 5.85. The van der Waals surface area contributed by atoms with E-state index in [1.54, 1.807) is 6.26 Å². The van der Waals surface area contributed by atoms with Crippen LogP contribution in [-0.2, 0) is 22.6 Å². The molecule has 0 aliphatic rings. The third kappa shape index (κ3) is 6.21. The first kappa shape index (κ1) is 20.1. The lowest BCUT2D eigenvalue weighted by Gasteiger charge is -2.15. The summed E-state index contributed by atoms with van der Waals surface area (Å²) in [6.07, 6.45) is 2.09. The topological polar surface area (TPSA) is 97.1 Å². The number of benzene rings is 1. The molecule has 0 aliphatic heterocycles. The number of hydrogen-bond acceptors (Lipinski definition) is 8. The number of thioether (sulfide) groups is 1. The fourth-order valence-electron chi connectivity index (χ4n) is 2.42. The lowest BCUT2D eigenvalue weighted by atomic mass is 10.0. The maximum Gasteiger partial charge on any atom is 0.231 e. The summed E-state index contributed by atoms with van der Waals surface area (Å²) in [5.41, 5.74) is 1.01. The first-order valence-corrected chi connectivity index (χ1v) is 10.5. The quantitative estimate of drug-likeness (QED) is 0.490. The monoisotopic (exact) mass is 416 g/mol. The molecule has 0 spiro atoms. The van der Waals surface area contributed by atoms with Gasteiger partial charge < -0.3 is 15.1 Å². The molecule has 0 saturated heterocycles. The van der Waals surface area contributed by atoms with Gasteiger partial charge in [-0.15, -0.1) is 10.2 Å². The van der Waals surface area contributed by atoms with Crippen LogP contribution in [-0.4, -0.2) is 33.7 Å². The summed E-state index contributed by atoms with van der Waals surface area (Å²) in [4.78, 5) is 24.1. The molecule has 9 heteroatoms. The van der Waals surface area contributed by atoms with Gasteiger partial charge in [0, 0.05) is 0 Å². The van der Waals surface area contributed by atoms with Crippen LogP contribution in [0.15, 0.2) is 57.5 Å². The summed E-state index contributed by atoms with van der Waals surface area (Å²) in [5.74, 6) is 0.701. The number of ketones is 1. The lowest BCUT2D eigenvalue weighted by molar-refractivity contribution is -0.125. The van der Waals surface area contributed by atoms with Crippen molar-refractivity contribution in [1.82, 2.24) is 15.5 Å². The molecule has 3 rings (SSSR count). The van der Waals surface area contributed by atoms with E-state index >= 15 is 0 Å². The van der Waals surface area contributed by atoms with Gasteiger partial charge in [0.2, 0.25) is 11.0 Å². The van der Waals surface area contributed by atoms with Crippen LogP contribution in [0.5, 0.6) is 0 Å². The Labute approximate surface area is 170 Å². The zero-order valence-electron chi connectivity index (χ0n) is 15.3. The van der Waals surface area contributed by atoms with E-state index in [0.717, 1.165) is 11.3 Å². The van der Waals surface area contributed by atoms with Crippen LogP contribution < -0.4 is 10.6 Å². The van der Waals surface area contributed by atoms with Crippen molar-refractivity contribution < 1.29 is 14.0 Å². The van der Waals surface area contributed by atoms with Gasteiger partial charge in [0.15, 0.2) is 10.1 Å². The molecule has 3 aromatic rings. The Kier molecular flexibility index (Phi) is 7.21. The number of anilines is 1. The standard InChI is InChI=1S/C19H20N4O3S2/c1-13(24)16(10-14-6-3-2-4-7-14)21-17(25)12-27-19-23-22-18(28-19)20-11-15-8-5-9-26-15/h2-9,16H,10-12H2,1H3,(H,20,22)(H,21,25)/t16-/m0/s1. The minimum absolute atomic E-state index is 0.0671. The van der Waals surface area contributed by atoms with Crippen molar-refractivity contribution in [1.29, 1.82) is 0 Å². The predicted molar refractivity (Wildman–Crippen MR) is 109 cm³/mol. The molecule has 0 radical (unpaired) electrons. The van der Waals surface area contributed by atoms with E-state index in [9.17, 15) is 9.59 Å². The molecule has 1 atom stereocenters. The summed E-state index contributed by atoms with van der Waals surface area (Å²) in [6, 6.07) is 12.8. The number of carbonyl (C=O) groups is 2. The van der Waals surface area contributed by atoms with E-state index in [1.165, 1.54) is 30.0 Å². The zero-order valence-corrected chi connectivity index (χ0v) is 16.9. The number of amides is 1. The molecule has 2 N–H and O–H groups in total. The molecular weight excluding hydrogens is 396 g/mol. The first-order valence-electron chi connectivity index (χ1n) is 8.66. The number of nitrogens with zero attached hydrogens (tertiary/aromatic N) is 2. The van der Waals surface area contributed by atoms with Crippen molar-refractivity contribution in [3.8, 4) is 0 Å². The highest BCUT2D eigenvalue weighted by molar-refractivity contribution is 8.01. The number of carbonyl (C=O) groups excluding carboxylic acids is 2. The molecule has 0 unspecified atom stereocenters. The van der Waals surface area contributed by atoms with Crippen LogP contribution in [0.1, 0.15) is 18.2 Å². The average molecular weight is 417 g/mol. The molecule has 7 nitrogen and oxygen atoms in total. The van der Waals surface area contributed by atoms with Gasteiger partial charge in [-0.2, -0.15) is 0 Å². The number of aromatic nitrogens is 2. The highest BCUT2D eigenvalue weighted by atomic mass is 32.2. The molecule has 1 amide bonds. The van der Waals surface area contributed by atoms with Crippen molar-refractivity contribution in [3.63, 3.8) is 0 Å². The largest absolute Gasteiger partial charge is 0.467 e. The normalized spacial score (nSPS) is 11.8. The second-order valence-corrected chi connectivity index (χ2v) is 8.22. The Hall–Kier alpha value is -2.65. The van der Waals surface area contributed by atoms with E-state index in [4.69, 9.17) is 4.42 Å². The van der Waals surface area contributed by atoms with E-state index in [0.29, 0.717) is 22.4 Å². The number of Topliss-reactive ketones (excluding diaryl/α,β-unsaturated/α-hetero) is 1. The first-order chi connectivity index (χ1) is 13.6. The summed E-state index contributed by atoms with van der Waals surface area (Å²) >= 11 is 2.66. The lowest BCUT2D eigenvalue weighted by Crippen LogP contribution is -2.42. The van der Waals surface area contributed by atoms with Gasteiger partial charge in [-0.05, 0) is 31.0 Å². The van der Waals surface area contributed by atoms with Crippen molar-refractivity contribution >= 4 is 39.9 Å². The SMILES string of the molecule is CC(=O)[C@H](Cc1ccccc1)NC(=O)CSc1nnc(NCc2ccco2)s1. The number of rotatable bonds is 10. The van der Waals surface area contributed by atoms with Gasteiger partial charge in [0.25, 0.3) is 0 Å². The van der Waals surface area contributed by atoms with Gasteiger partial charge >= 0.3 is 0 Å². The van der Waals surface area contributed by atoms with Crippen molar-refractivity contribution in [3.05, 3.63) is 60.1 Å². The zero-order chi connectivity index (χ0) is 19.8. The van der Waals surface area contributed by atoms with Crippen LogP contribution >= 0.6 is 23.1 Å². The Morgan fingerprint density at radius 1 is 1.18 bits per heavy atom. The molecule has 1 aromatic carbocycles. The second-order valence-electron chi connectivity index (χ2n) is 6.02. The summed E-state index contributed by atoms with van der Waals surface area (Å²) in [5, 5.41) is 14.7. The van der Waals surface area contributed by atoms with Crippen molar-refractivity contribution in [2.24, 2.45) is 0 Å². The fourth-order valence-corrected chi connectivity index (χ4v) is 3.98. The Morgan fingerprint density at radius 2 is 2.00 bits per heavy atom. The van der Waals surface area contributed by atoms with Crippen LogP contribution in [0.2, 0.25) is 0 Å². The minimum atomic E-state index is -0.532. The molecule has 0 fully saturated rings. The maximum atomic E-state index is 12.3. The van der Waals surface area contributed by atoms with Crippen molar-refractivity contribution in [2.45, 2.75) is 30.3 Å². The summed E-state index contributed by atoms with van der Waals surface area (Å²) < 4.78 is 5.93. The fraction of sp³-hybridized carbons (Fsp3) is 0.263. The van der Waals surface area contributed by atoms with Gasteiger partial charge in [0.05, 0.1) is 24.6 Å². The van der Waals surface area contributed by atoms with Gasteiger partial charge in [-0.3, -0.25) is 9.59 Å². The highest BCUT2D eigenvalue weighted by Gasteiger charge is 2.18. The molecular formula is C19H20N4O3S2. The molecule has 0 saturated carbocycles. The number of nitrogens with one attached hydrogen (secondary N) is 2. The summed E-state index contributed by atoms with van der Waals surface area (Å²) in [6.45, 7) is 2.01. The third-order valence-electron chi connectivity index (χ3n) is 3.84. The molecule has 28 heavy (non-hydrogen) atoms. The van der Waals surface area contributed by atoms with Crippen LogP contribution in [0.4, 0.5) is 5.13 Å². The van der Waals surface area contributed by atoms with Crippen molar-refractivity contribution in [2.75, 3.05) is 11.1 Å². The molecule has 2 heterocycles. The maximum absolute atomic E-state index is 12.3. The smallest absolute Gasteiger partial charge is 0.231 e. The number of furan rings is 1. The van der Waals surface area contributed by atoms with Crippen LogP contribution in [0.25, 0.3) is 0 Å². The Morgan fingerprint density at radius 3 is 2.71 bits per heavy atom.